The molecule has 0 spiro atoms. The third-order valence-corrected chi connectivity index (χ3v) is 4.41. The normalized spacial score (nSPS) is 13.8. The van der Waals surface area contributed by atoms with E-state index in [0.717, 1.165) is 30.6 Å². The van der Waals surface area contributed by atoms with Gasteiger partial charge in [0.2, 0.25) is 0 Å². The van der Waals surface area contributed by atoms with Crippen LogP contribution in [-0.4, -0.2) is 16.1 Å². The van der Waals surface area contributed by atoms with Crippen LogP contribution in [0, 0.1) is 17.2 Å². The fourth-order valence-electron chi connectivity index (χ4n) is 2.97. The first-order valence-electron chi connectivity index (χ1n) is 7.64. The number of hydrogen-bond acceptors (Lipinski definition) is 2. The van der Waals surface area contributed by atoms with E-state index in [1.54, 1.807) is 6.07 Å². The van der Waals surface area contributed by atoms with Gasteiger partial charge in [0.1, 0.15) is 11.3 Å². The summed E-state index contributed by atoms with van der Waals surface area (Å²) in [6.45, 7) is 7.46. The Labute approximate surface area is 126 Å². The van der Waals surface area contributed by atoms with E-state index in [2.05, 4.69) is 25.8 Å². The number of nitrogens with two attached hydrogens (primary N) is 1. The molecule has 0 saturated heterocycles. The van der Waals surface area contributed by atoms with E-state index in [-0.39, 0.29) is 11.2 Å². The van der Waals surface area contributed by atoms with Crippen LogP contribution >= 0.6 is 0 Å². The molecule has 4 heteroatoms. The van der Waals surface area contributed by atoms with Crippen molar-refractivity contribution in [3.05, 3.63) is 29.8 Å². The van der Waals surface area contributed by atoms with Gasteiger partial charge >= 0.3 is 0 Å². The molecule has 1 aromatic heterocycles. The van der Waals surface area contributed by atoms with Gasteiger partial charge in [0, 0.05) is 13.5 Å². The Balaban J connectivity index is 2.20. The predicted molar refractivity (Wildman–Crippen MR) is 85.6 cm³/mol. The first-order chi connectivity index (χ1) is 9.84. The van der Waals surface area contributed by atoms with Gasteiger partial charge in [-0.15, -0.1) is 0 Å². The second-order valence-corrected chi connectivity index (χ2v) is 6.87. The third kappa shape index (κ3) is 3.43. The smallest absolute Gasteiger partial charge is 0.151 e. The van der Waals surface area contributed by atoms with Crippen molar-refractivity contribution < 1.29 is 4.39 Å². The van der Waals surface area contributed by atoms with E-state index >= 15 is 0 Å². The first kappa shape index (κ1) is 16.0. The maximum atomic E-state index is 13.8. The molecule has 0 amide bonds. The van der Waals surface area contributed by atoms with Gasteiger partial charge in [0.25, 0.3) is 0 Å². The molecule has 1 heterocycles. The van der Waals surface area contributed by atoms with Gasteiger partial charge in [-0.25, -0.2) is 9.37 Å². The van der Waals surface area contributed by atoms with Gasteiger partial charge in [0.05, 0.1) is 5.52 Å². The van der Waals surface area contributed by atoms with Crippen LogP contribution in [0.2, 0.25) is 0 Å². The molecule has 0 aliphatic heterocycles. The zero-order valence-corrected chi connectivity index (χ0v) is 13.5. The number of halogens is 1. The van der Waals surface area contributed by atoms with Gasteiger partial charge in [-0.2, -0.15) is 0 Å². The summed E-state index contributed by atoms with van der Waals surface area (Å²) in [5.74, 6) is 1.25. The summed E-state index contributed by atoms with van der Waals surface area (Å²) < 4.78 is 15.8. The highest BCUT2D eigenvalue weighted by atomic mass is 19.1. The van der Waals surface area contributed by atoms with E-state index in [0.29, 0.717) is 18.0 Å². The fraction of sp³-hybridized carbons (Fsp3) is 0.588. The molecule has 0 aliphatic rings. The molecule has 0 radical (unpaired) electrons. The quantitative estimate of drug-likeness (QED) is 0.913. The Kier molecular flexibility index (Phi) is 4.67. The zero-order chi connectivity index (χ0) is 15.6. The average molecular weight is 291 g/mol. The van der Waals surface area contributed by atoms with Crippen molar-refractivity contribution in [2.45, 2.75) is 40.0 Å². The van der Waals surface area contributed by atoms with Crippen molar-refractivity contribution in [2.75, 3.05) is 6.54 Å². The SMILES string of the molecule is Cn1c(CCC(CCN)C(C)(C)C)nc2c(F)cccc21. The molecule has 2 aromatic rings. The van der Waals surface area contributed by atoms with Gasteiger partial charge in [0.15, 0.2) is 5.82 Å². The Hall–Kier alpha value is -1.42. The number of imidazole rings is 1. The minimum absolute atomic E-state index is 0.231. The lowest BCUT2D eigenvalue weighted by Crippen LogP contribution is -2.24. The third-order valence-electron chi connectivity index (χ3n) is 4.41. The highest BCUT2D eigenvalue weighted by molar-refractivity contribution is 5.76. The Morgan fingerprint density at radius 2 is 2.00 bits per heavy atom. The summed E-state index contributed by atoms with van der Waals surface area (Å²) in [5, 5.41) is 0. The van der Waals surface area contributed by atoms with Crippen LogP contribution in [0.3, 0.4) is 0 Å². The number of aryl methyl sites for hydroxylation is 2. The Bertz CT molecular complexity index is 610. The molecule has 0 saturated carbocycles. The molecular weight excluding hydrogens is 265 g/mol. The number of aromatic nitrogens is 2. The second kappa shape index (κ2) is 6.14. The van der Waals surface area contributed by atoms with Crippen LogP contribution in [-0.2, 0) is 13.5 Å². The number of benzene rings is 1. The van der Waals surface area contributed by atoms with Crippen LogP contribution in [0.1, 0.15) is 39.4 Å². The van der Waals surface area contributed by atoms with Gasteiger partial charge in [-0.3, -0.25) is 0 Å². The molecular formula is C17H26FN3. The van der Waals surface area contributed by atoms with E-state index < -0.39 is 0 Å². The number of hydrogen-bond donors (Lipinski definition) is 1. The van der Waals surface area contributed by atoms with Crippen LogP contribution < -0.4 is 5.73 Å². The largest absolute Gasteiger partial charge is 0.331 e. The number of fused-ring (bicyclic) bond motifs is 1. The molecule has 0 fully saturated rings. The van der Waals surface area contributed by atoms with Crippen molar-refractivity contribution in [3.8, 4) is 0 Å². The summed E-state index contributed by atoms with van der Waals surface area (Å²) in [7, 11) is 1.96. The highest BCUT2D eigenvalue weighted by Crippen LogP contribution is 2.32. The van der Waals surface area contributed by atoms with Crippen molar-refractivity contribution in [3.63, 3.8) is 0 Å². The number of para-hydroxylation sites is 1. The van der Waals surface area contributed by atoms with Gasteiger partial charge in [-0.1, -0.05) is 26.8 Å². The lowest BCUT2D eigenvalue weighted by atomic mass is 9.76. The molecule has 1 atom stereocenters. The monoisotopic (exact) mass is 291 g/mol. The van der Waals surface area contributed by atoms with Crippen molar-refractivity contribution in [1.29, 1.82) is 0 Å². The lowest BCUT2D eigenvalue weighted by Gasteiger charge is -2.30. The summed E-state index contributed by atoms with van der Waals surface area (Å²) >= 11 is 0. The van der Waals surface area contributed by atoms with Crippen LogP contribution in [0.4, 0.5) is 4.39 Å². The fourth-order valence-corrected chi connectivity index (χ4v) is 2.97. The average Bonchev–Trinajstić information content (AvgIpc) is 2.72. The van der Waals surface area contributed by atoms with Crippen LogP contribution in [0.5, 0.6) is 0 Å². The molecule has 2 N–H and O–H groups in total. The molecule has 1 unspecified atom stereocenters. The van der Waals surface area contributed by atoms with E-state index in [9.17, 15) is 4.39 Å². The molecule has 0 bridgehead atoms. The molecule has 1 aromatic carbocycles. The topological polar surface area (TPSA) is 43.8 Å². The van der Waals surface area contributed by atoms with E-state index in [4.69, 9.17) is 5.73 Å². The van der Waals surface area contributed by atoms with Gasteiger partial charge < -0.3 is 10.3 Å². The number of rotatable bonds is 5. The maximum Gasteiger partial charge on any atom is 0.151 e. The standard InChI is InChI=1S/C17H26FN3/c1-17(2,3)12(10-11-19)8-9-15-20-16-13(18)6-5-7-14(16)21(15)4/h5-7,12H,8-11,19H2,1-4H3. The Morgan fingerprint density at radius 1 is 1.29 bits per heavy atom. The molecule has 21 heavy (non-hydrogen) atoms. The zero-order valence-electron chi connectivity index (χ0n) is 13.5. The predicted octanol–water partition coefficient (Wildman–Crippen LogP) is 3.66. The summed E-state index contributed by atoms with van der Waals surface area (Å²) in [6.07, 6.45) is 2.90. The van der Waals surface area contributed by atoms with E-state index in [1.807, 2.05) is 17.7 Å². The summed E-state index contributed by atoms with van der Waals surface area (Å²) in [4.78, 5) is 4.48. The summed E-state index contributed by atoms with van der Waals surface area (Å²) in [6, 6.07) is 5.11. The maximum absolute atomic E-state index is 13.8. The van der Waals surface area contributed by atoms with Crippen molar-refractivity contribution in [1.82, 2.24) is 9.55 Å². The van der Waals surface area contributed by atoms with Gasteiger partial charge in [-0.05, 0) is 42.9 Å². The van der Waals surface area contributed by atoms with Crippen molar-refractivity contribution in [2.24, 2.45) is 24.1 Å². The highest BCUT2D eigenvalue weighted by Gasteiger charge is 2.24. The lowest BCUT2D eigenvalue weighted by molar-refractivity contribution is 0.213. The van der Waals surface area contributed by atoms with Crippen LogP contribution in [0.15, 0.2) is 18.2 Å². The van der Waals surface area contributed by atoms with Crippen LogP contribution in [0.25, 0.3) is 11.0 Å². The molecule has 116 valence electrons. The first-order valence-corrected chi connectivity index (χ1v) is 7.64. The molecule has 3 nitrogen and oxygen atoms in total. The number of nitrogens with zero attached hydrogens (tertiary/aromatic N) is 2. The van der Waals surface area contributed by atoms with E-state index in [1.165, 1.54) is 6.07 Å². The van der Waals surface area contributed by atoms with Crippen molar-refractivity contribution >= 4 is 11.0 Å². The molecule has 0 aliphatic carbocycles. The minimum atomic E-state index is -0.247. The summed E-state index contributed by atoms with van der Waals surface area (Å²) in [5.41, 5.74) is 7.30. The second-order valence-electron chi connectivity index (χ2n) is 6.87. The Morgan fingerprint density at radius 3 is 2.57 bits per heavy atom. The minimum Gasteiger partial charge on any atom is -0.331 e. The molecule has 2 rings (SSSR count).